The van der Waals surface area contributed by atoms with Gasteiger partial charge in [-0.15, -0.1) is 0 Å². The van der Waals surface area contributed by atoms with Gasteiger partial charge in [0, 0.05) is 42.5 Å². The third-order valence-corrected chi connectivity index (χ3v) is 11.6. The quantitative estimate of drug-likeness (QED) is 0.258. The summed E-state index contributed by atoms with van der Waals surface area (Å²) < 4.78 is 5.72. The number of imidazole rings is 1. The van der Waals surface area contributed by atoms with Gasteiger partial charge < -0.3 is 25.7 Å². The highest BCUT2D eigenvalue weighted by atomic mass is 35.5. The number of H-pyrrole nitrogens is 1. The van der Waals surface area contributed by atoms with E-state index in [0.717, 1.165) is 54.3 Å². The second kappa shape index (κ2) is 11.4. The van der Waals surface area contributed by atoms with Crippen LogP contribution in [0.15, 0.2) is 42.5 Å². The molecule has 3 aromatic rings. The fourth-order valence-electron chi connectivity index (χ4n) is 7.95. The van der Waals surface area contributed by atoms with E-state index >= 15 is 0 Å². The van der Waals surface area contributed by atoms with Gasteiger partial charge in [0.05, 0.1) is 22.5 Å². The number of halogens is 1. The molecule has 238 valence electrons. The van der Waals surface area contributed by atoms with E-state index in [1.54, 1.807) is 0 Å². The Balaban J connectivity index is 1.26. The Labute approximate surface area is 268 Å². The first-order valence-electron chi connectivity index (χ1n) is 16.4. The van der Waals surface area contributed by atoms with Crippen LogP contribution >= 0.6 is 11.6 Å². The predicted molar refractivity (Wildman–Crippen MR) is 172 cm³/mol. The van der Waals surface area contributed by atoms with Crippen LogP contribution in [-0.4, -0.2) is 53.5 Å². The maximum Gasteiger partial charge on any atom is 0.243 e. The zero-order valence-corrected chi connectivity index (χ0v) is 26.8. The number of fused-ring (bicyclic) bond motifs is 1. The molecular formula is C35H42ClN5O4. The molecule has 10 heteroatoms. The third-order valence-electron chi connectivity index (χ3n) is 11.2. The van der Waals surface area contributed by atoms with E-state index in [1.165, 1.54) is 0 Å². The highest BCUT2D eigenvalue weighted by molar-refractivity contribution is 6.31. The molecular weight excluding hydrogens is 590 g/mol. The number of hydrogen-bond acceptors (Lipinski definition) is 5. The number of aromatic nitrogens is 2. The number of benzene rings is 2. The molecule has 4 fully saturated rings. The topological polar surface area (TPSA) is 125 Å². The summed E-state index contributed by atoms with van der Waals surface area (Å²) in [6.07, 6.45) is 6.43. The zero-order valence-electron chi connectivity index (χ0n) is 26.0. The first-order chi connectivity index (χ1) is 21.7. The summed E-state index contributed by atoms with van der Waals surface area (Å²) in [6, 6.07) is 12.9. The van der Waals surface area contributed by atoms with Crippen LogP contribution < -0.4 is 16.0 Å². The fourth-order valence-corrected chi connectivity index (χ4v) is 8.20. The second-order valence-corrected chi connectivity index (χ2v) is 14.3. The third kappa shape index (κ3) is 5.22. The summed E-state index contributed by atoms with van der Waals surface area (Å²) in [4.78, 5) is 48.5. The molecule has 45 heavy (non-hydrogen) atoms. The maximum atomic E-state index is 14.2. The van der Waals surface area contributed by atoms with E-state index in [-0.39, 0.29) is 34.5 Å². The van der Waals surface area contributed by atoms with Gasteiger partial charge in [-0.3, -0.25) is 14.4 Å². The average Bonchev–Trinajstić information content (AvgIpc) is 3.47. The van der Waals surface area contributed by atoms with Crippen molar-refractivity contribution in [1.29, 1.82) is 0 Å². The lowest BCUT2D eigenvalue weighted by molar-refractivity contribution is -0.136. The van der Waals surface area contributed by atoms with Gasteiger partial charge in [-0.1, -0.05) is 56.1 Å². The number of amides is 3. The van der Waals surface area contributed by atoms with Crippen molar-refractivity contribution in [3.63, 3.8) is 0 Å². The van der Waals surface area contributed by atoms with E-state index in [2.05, 4.69) is 27.9 Å². The number of nitrogens with one attached hydrogen (secondary N) is 4. The summed E-state index contributed by atoms with van der Waals surface area (Å²) >= 11 is 6.77. The van der Waals surface area contributed by atoms with Crippen molar-refractivity contribution in [3.05, 3.63) is 64.4 Å². The van der Waals surface area contributed by atoms with Gasteiger partial charge in [0.2, 0.25) is 17.7 Å². The van der Waals surface area contributed by atoms with Crippen LogP contribution in [0.4, 0.5) is 0 Å². The molecule has 2 saturated heterocycles. The highest BCUT2D eigenvalue weighted by Crippen LogP contribution is 2.60. The van der Waals surface area contributed by atoms with Crippen molar-refractivity contribution < 1.29 is 19.1 Å². The van der Waals surface area contributed by atoms with E-state index in [1.807, 2.05) is 49.4 Å². The molecule has 1 spiro atoms. The normalized spacial score (nSPS) is 24.0. The van der Waals surface area contributed by atoms with Crippen LogP contribution in [0.1, 0.15) is 94.1 Å². The number of hydrogen-bond donors (Lipinski definition) is 4. The Kier molecular flexibility index (Phi) is 7.68. The van der Waals surface area contributed by atoms with Gasteiger partial charge in [-0.25, -0.2) is 4.98 Å². The predicted octanol–water partition coefficient (Wildman–Crippen LogP) is 5.20. The molecule has 1 aromatic heterocycles. The summed E-state index contributed by atoms with van der Waals surface area (Å²) in [5.41, 5.74) is 2.39. The van der Waals surface area contributed by atoms with Crippen molar-refractivity contribution >= 4 is 40.4 Å². The second-order valence-electron chi connectivity index (χ2n) is 13.9. The first-order valence-corrected chi connectivity index (χ1v) is 16.8. The zero-order chi connectivity index (χ0) is 31.4. The summed E-state index contributed by atoms with van der Waals surface area (Å²) in [7, 11) is 0. The van der Waals surface area contributed by atoms with Crippen LogP contribution in [0.2, 0.25) is 5.02 Å². The number of rotatable bonds is 9. The standard InChI is InChI=1S/C35H42ClN5O4/c1-3-26(42)40-28(27(33(2)13-14-33)22-7-4-5-8-23(22)36)30-38-24-10-9-21(19-25(24)39-30)35(15-17-45-18-16-35)32(44)41-29-31(43)37-20-34(29)11-6-12-34/h4-5,7-10,19,27-29H,3,6,11-18,20H2,1-2H3,(H,37,43)(H,38,39)(H,40,42)(H,41,44)/t27-,28-,29-/m0/s1. The molecule has 2 aliphatic heterocycles. The monoisotopic (exact) mass is 631 g/mol. The minimum absolute atomic E-state index is 0.0324. The Bertz CT molecular complexity index is 1640. The molecule has 7 rings (SSSR count). The van der Waals surface area contributed by atoms with Gasteiger partial charge in [0.15, 0.2) is 0 Å². The molecule has 2 aromatic carbocycles. The molecule has 3 atom stereocenters. The molecule has 0 radical (unpaired) electrons. The fraction of sp³-hybridized carbons (Fsp3) is 0.543. The Morgan fingerprint density at radius 1 is 1.09 bits per heavy atom. The van der Waals surface area contributed by atoms with Gasteiger partial charge in [0.25, 0.3) is 0 Å². The lowest BCUT2D eigenvalue weighted by Gasteiger charge is -2.43. The summed E-state index contributed by atoms with van der Waals surface area (Å²) in [6.45, 7) is 5.65. The van der Waals surface area contributed by atoms with Crippen LogP contribution in [0.5, 0.6) is 0 Å². The molecule has 0 bridgehead atoms. The molecule has 2 saturated carbocycles. The van der Waals surface area contributed by atoms with Gasteiger partial charge in [-0.2, -0.15) is 0 Å². The number of nitrogens with zero attached hydrogens (tertiary/aromatic N) is 1. The minimum Gasteiger partial charge on any atom is -0.381 e. The molecule has 4 N–H and O–H groups in total. The van der Waals surface area contributed by atoms with E-state index in [4.69, 9.17) is 21.3 Å². The van der Waals surface area contributed by atoms with Crippen LogP contribution in [-0.2, 0) is 24.5 Å². The van der Waals surface area contributed by atoms with Crippen molar-refractivity contribution in [2.75, 3.05) is 19.8 Å². The molecule has 0 unspecified atom stereocenters. The van der Waals surface area contributed by atoms with Crippen molar-refractivity contribution in [2.45, 2.75) is 88.6 Å². The van der Waals surface area contributed by atoms with Crippen molar-refractivity contribution in [1.82, 2.24) is 25.9 Å². The number of ether oxygens (including phenoxy) is 1. The van der Waals surface area contributed by atoms with Gasteiger partial charge >= 0.3 is 0 Å². The summed E-state index contributed by atoms with van der Waals surface area (Å²) in [5, 5.41) is 10.1. The van der Waals surface area contributed by atoms with Crippen molar-refractivity contribution in [2.24, 2.45) is 10.8 Å². The van der Waals surface area contributed by atoms with Crippen LogP contribution in [0.25, 0.3) is 11.0 Å². The lowest BCUT2D eigenvalue weighted by Crippen LogP contribution is -2.57. The minimum atomic E-state index is -0.830. The van der Waals surface area contributed by atoms with Crippen LogP contribution in [0, 0.1) is 10.8 Å². The Morgan fingerprint density at radius 3 is 2.51 bits per heavy atom. The van der Waals surface area contributed by atoms with E-state index in [9.17, 15) is 14.4 Å². The SMILES string of the molecule is CCC(=O)N[C@H](c1nc2ccc(C3(C(=O)N[C@H]4C(=O)NCC45CCC5)CCOCC3)cc2[nH]1)[C@H](c1ccccc1Cl)C1(C)CC1. The Hall–Kier alpha value is -3.43. The number of carbonyl (C=O) groups is 3. The number of carbonyl (C=O) groups excluding carboxylic acids is 3. The van der Waals surface area contributed by atoms with Gasteiger partial charge in [0.1, 0.15) is 11.9 Å². The van der Waals surface area contributed by atoms with E-state index in [0.29, 0.717) is 49.9 Å². The maximum absolute atomic E-state index is 14.2. The molecule has 4 aliphatic rings. The summed E-state index contributed by atoms with van der Waals surface area (Å²) in [5.74, 6) is 0.330. The first kappa shape index (κ1) is 30.2. The molecule has 3 amide bonds. The lowest BCUT2D eigenvalue weighted by atomic mass is 9.65. The molecule has 3 heterocycles. The van der Waals surface area contributed by atoms with E-state index < -0.39 is 17.5 Å². The molecule has 2 aliphatic carbocycles. The smallest absolute Gasteiger partial charge is 0.243 e. The average molecular weight is 632 g/mol. The molecule has 9 nitrogen and oxygen atoms in total. The number of aromatic amines is 1. The van der Waals surface area contributed by atoms with Gasteiger partial charge in [-0.05, 0) is 73.3 Å². The van der Waals surface area contributed by atoms with Crippen molar-refractivity contribution in [3.8, 4) is 0 Å². The Morgan fingerprint density at radius 2 is 1.84 bits per heavy atom. The largest absolute Gasteiger partial charge is 0.381 e. The highest BCUT2D eigenvalue weighted by Gasteiger charge is 2.55. The van der Waals surface area contributed by atoms with Crippen LogP contribution in [0.3, 0.4) is 0 Å².